The third-order valence-corrected chi connectivity index (χ3v) is 12.4. The number of β-amino-alcohol motifs (C(OH)–C–C–N with tert-alkyl or cyclic N) is 1. The predicted molar refractivity (Wildman–Crippen MR) is 240 cm³/mol. The average Bonchev–Trinajstić information content (AvgIpc) is 3.96. The molecule has 1 aromatic heterocycles. The minimum absolute atomic E-state index is 0.00381. The molecule has 4 atom stereocenters. The summed E-state index contributed by atoms with van der Waals surface area (Å²) in [4.78, 5) is 98.3. The van der Waals surface area contributed by atoms with Crippen molar-refractivity contribution in [3.63, 3.8) is 0 Å². The van der Waals surface area contributed by atoms with Crippen molar-refractivity contribution < 1.29 is 52.9 Å². The van der Waals surface area contributed by atoms with Gasteiger partial charge in [-0.2, -0.15) is 0 Å². The van der Waals surface area contributed by atoms with Gasteiger partial charge in [0.05, 0.1) is 66.3 Å². The second kappa shape index (κ2) is 22.5. The number of benzene rings is 2. The highest BCUT2D eigenvalue weighted by atomic mass is 32.1. The molecule has 5 N–H and O–H groups in total. The van der Waals surface area contributed by atoms with Gasteiger partial charge in [-0.1, -0.05) is 51.1 Å². The molecule has 350 valence electrons. The van der Waals surface area contributed by atoms with E-state index in [0.717, 1.165) is 26.6 Å². The topological polar surface area (TPSA) is 235 Å². The number of carbonyl (C=O) groups is 7. The van der Waals surface area contributed by atoms with Crippen LogP contribution in [0.15, 0.2) is 48.0 Å². The van der Waals surface area contributed by atoms with E-state index in [1.165, 1.54) is 11.0 Å². The van der Waals surface area contributed by atoms with Crippen LogP contribution in [0, 0.1) is 12.3 Å². The summed E-state index contributed by atoms with van der Waals surface area (Å²) in [6.07, 6.45) is 0.701. The predicted octanol–water partition coefficient (Wildman–Crippen LogP) is 2.96. The molecule has 19 heteroatoms. The maximum absolute atomic E-state index is 13.9. The van der Waals surface area contributed by atoms with E-state index < -0.39 is 59.2 Å². The molecule has 18 nitrogen and oxygen atoms in total. The maximum Gasteiger partial charge on any atom is 0.264 e. The molecule has 7 amide bonds. The number of likely N-dealkylation sites (tertiary alicyclic amines) is 1. The van der Waals surface area contributed by atoms with E-state index in [2.05, 4.69) is 26.3 Å². The van der Waals surface area contributed by atoms with Gasteiger partial charge in [-0.3, -0.25) is 43.8 Å². The van der Waals surface area contributed by atoms with E-state index in [1.807, 2.05) is 57.5 Å². The number of rotatable bonds is 22. The smallest absolute Gasteiger partial charge is 0.264 e. The fourth-order valence-corrected chi connectivity index (χ4v) is 8.78. The van der Waals surface area contributed by atoms with Crippen molar-refractivity contribution in [2.24, 2.45) is 5.41 Å². The molecule has 2 fully saturated rings. The average molecular weight is 918 g/mol. The number of aromatic nitrogens is 1. The van der Waals surface area contributed by atoms with E-state index in [9.17, 15) is 38.7 Å². The summed E-state index contributed by atoms with van der Waals surface area (Å²) in [5.74, 6) is -3.31. The quantitative estimate of drug-likeness (QED) is 0.0722. The molecule has 2 aromatic carbocycles. The molecule has 0 radical (unpaired) electrons. The lowest BCUT2D eigenvalue weighted by Gasteiger charge is -2.35. The van der Waals surface area contributed by atoms with E-state index in [4.69, 9.17) is 14.2 Å². The third-order valence-electron chi connectivity index (χ3n) is 11.4. The number of unbranched alkanes of at least 4 members (excludes halogenated alkanes) is 1. The summed E-state index contributed by atoms with van der Waals surface area (Å²) < 4.78 is 16.9. The lowest BCUT2D eigenvalue weighted by atomic mass is 9.85. The van der Waals surface area contributed by atoms with Crippen LogP contribution in [-0.4, -0.2) is 138 Å². The van der Waals surface area contributed by atoms with Gasteiger partial charge in [0.1, 0.15) is 18.1 Å². The number of hydrogen-bond acceptors (Lipinski definition) is 14. The van der Waals surface area contributed by atoms with Crippen LogP contribution in [0.25, 0.3) is 10.4 Å². The van der Waals surface area contributed by atoms with Crippen LogP contribution >= 0.6 is 11.3 Å². The Kier molecular flexibility index (Phi) is 16.9. The summed E-state index contributed by atoms with van der Waals surface area (Å²) in [5.41, 5.74) is 4.87. The minimum Gasteiger partial charge on any atom is -0.391 e. The van der Waals surface area contributed by atoms with Crippen LogP contribution in [0.1, 0.15) is 91.3 Å². The normalized spacial score (nSPS) is 19.0. The number of thiazole rings is 1. The van der Waals surface area contributed by atoms with Gasteiger partial charge in [-0.05, 0) is 54.9 Å². The first-order valence-corrected chi connectivity index (χ1v) is 22.9. The molecule has 3 aliphatic heterocycles. The van der Waals surface area contributed by atoms with E-state index in [-0.39, 0.29) is 61.7 Å². The van der Waals surface area contributed by atoms with Crippen molar-refractivity contribution in [1.82, 2.24) is 30.7 Å². The number of amides is 7. The fourth-order valence-electron chi connectivity index (χ4n) is 7.97. The number of carbonyl (C=O) groups excluding carboxylic acids is 7. The molecule has 6 rings (SSSR count). The Balaban J connectivity index is 0.820. The van der Waals surface area contributed by atoms with E-state index in [0.29, 0.717) is 64.7 Å². The first kappa shape index (κ1) is 48.8. The largest absolute Gasteiger partial charge is 0.391 e. The van der Waals surface area contributed by atoms with Crippen LogP contribution < -0.4 is 21.3 Å². The van der Waals surface area contributed by atoms with Crippen molar-refractivity contribution >= 4 is 58.4 Å². The standard InChI is InChI=1S/C46H59N7O11S/c1-28-39(65-27-49-28)30-13-11-29(12-14-30)25-48-41(57)35-24-31(54)26-52(35)45(61)40(46(2,3)4)50-36(55)10-5-6-18-62-20-22-64-23-21-63-19-17-47-33-9-7-8-32-38(33)44(60)53(43(32)59)34-15-16-37(56)51-42(34)58/h7-9,11-14,27,31,34-35,40,47,54H,5-6,10,15-26H2,1-4H3,(H,48,57)(H,50,55)(H,51,56,58). The van der Waals surface area contributed by atoms with Crippen molar-refractivity contribution in [3.8, 4) is 10.4 Å². The Morgan fingerprint density at radius 1 is 0.938 bits per heavy atom. The van der Waals surface area contributed by atoms with Crippen LogP contribution in [0.3, 0.4) is 0 Å². The number of hydrogen-bond donors (Lipinski definition) is 5. The molecule has 0 aliphatic carbocycles. The van der Waals surface area contributed by atoms with Crippen molar-refractivity contribution in [3.05, 3.63) is 70.4 Å². The molecule has 4 heterocycles. The number of nitrogens with zero attached hydrogens (tertiary/aromatic N) is 3. The molecule has 2 saturated heterocycles. The fraction of sp³-hybridized carbons (Fsp3) is 0.522. The summed E-state index contributed by atoms with van der Waals surface area (Å²) in [6.45, 7) is 10.2. The number of nitrogens with one attached hydrogen (secondary N) is 4. The zero-order valence-electron chi connectivity index (χ0n) is 37.3. The summed E-state index contributed by atoms with van der Waals surface area (Å²) in [7, 11) is 0. The van der Waals surface area contributed by atoms with Gasteiger partial charge in [0.15, 0.2) is 0 Å². The maximum atomic E-state index is 13.9. The number of ether oxygens (including phenoxy) is 3. The van der Waals surface area contributed by atoms with Gasteiger partial charge >= 0.3 is 0 Å². The molecule has 3 aliphatic rings. The molecule has 0 saturated carbocycles. The number of imide groups is 2. The van der Waals surface area contributed by atoms with Gasteiger partial charge < -0.3 is 40.2 Å². The van der Waals surface area contributed by atoms with Crippen molar-refractivity contribution in [2.75, 3.05) is 58.0 Å². The Morgan fingerprint density at radius 3 is 2.32 bits per heavy atom. The number of aliphatic hydroxyl groups is 1. The van der Waals surface area contributed by atoms with Gasteiger partial charge in [0.2, 0.25) is 29.5 Å². The van der Waals surface area contributed by atoms with Gasteiger partial charge in [-0.15, -0.1) is 11.3 Å². The number of aliphatic hydroxyl groups excluding tert-OH is 1. The van der Waals surface area contributed by atoms with Crippen molar-refractivity contribution in [2.45, 2.75) is 97.0 Å². The Labute approximate surface area is 382 Å². The minimum atomic E-state index is -1.04. The number of aryl methyl sites for hydroxylation is 1. The van der Waals surface area contributed by atoms with E-state index >= 15 is 0 Å². The number of piperidine rings is 1. The molecule has 0 spiro atoms. The molecule has 0 bridgehead atoms. The van der Waals surface area contributed by atoms with Gasteiger partial charge in [0, 0.05) is 51.2 Å². The van der Waals surface area contributed by atoms with Crippen LogP contribution in [0.4, 0.5) is 5.69 Å². The molecule has 4 unspecified atom stereocenters. The van der Waals surface area contributed by atoms with Gasteiger partial charge in [-0.25, -0.2) is 4.98 Å². The highest BCUT2D eigenvalue weighted by molar-refractivity contribution is 7.13. The van der Waals surface area contributed by atoms with Crippen molar-refractivity contribution in [1.29, 1.82) is 0 Å². The molecule has 3 aromatic rings. The zero-order valence-corrected chi connectivity index (χ0v) is 38.1. The second-order valence-electron chi connectivity index (χ2n) is 17.3. The Bertz CT molecular complexity index is 2210. The Hall–Kier alpha value is -5.60. The summed E-state index contributed by atoms with van der Waals surface area (Å²) >= 11 is 1.57. The summed E-state index contributed by atoms with van der Waals surface area (Å²) in [5, 5.41) is 21.7. The zero-order chi connectivity index (χ0) is 46.7. The van der Waals surface area contributed by atoms with E-state index in [1.54, 1.807) is 23.5 Å². The molecular formula is C46H59N7O11S. The van der Waals surface area contributed by atoms with Crippen LogP contribution in [0.2, 0.25) is 0 Å². The first-order valence-electron chi connectivity index (χ1n) is 22.0. The monoisotopic (exact) mass is 917 g/mol. The molecular weight excluding hydrogens is 859 g/mol. The number of anilines is 1. The third kappa shape index (κ3) is 12.6. The van der Waals surface area contributed by atoms with Gasteiger partial charge in [0.25, 0.3) is 11.8 Å². The Morgan fingerprint density at radius 2 is 1.65 bits per heavy atom. The van der Waals surface area contributed by atoms with Crippen LogP contribution in [0.5, 0.6) is 0 Å². The van der Waals surface area contributed by atoms with Crippen LogP contribution in [-0.2, 0) is 44.7 Å². The SMILES string of the molecule is Cc1ncsc1-c1ccc(CNC(=O)C2CC(O)CN2C(=O)C(NC(=O)CCCCOCCOCCOCCNc2cccc3c2C(=O)N(C2CCC(=O)NC2=O)C3=O)C(C)(C)C)cc1. The highest BCUT2D eigenvalue weighted by Crippen LogP contribution is 2.33. The lowest BCUT2D eigenvalue weighted by molar-refractivity contribution is -0.144. The second-order valence-corrected chi connectivity index (χ2v) is 18.2. The highest BCUT2D eigenvalue weighted by Gasteiger charge is 2.46. The molecule has 65 heavy (non-hydrogen) atoms. The lowest BCUT2D eigenvalue weighted by Crippen LogP contribution is -2.57. The first-order chi connectivity index (χ1) is 31.1. The number of fused-ring (bicyclic) bond motifs is 1. The summed E-state index contributed by atoms with van der Waals surface area (Å²) in [6, 6.07) is 9.90.